The van der Waals surface area contributed by atoms with Gasteiger partial charge in [0.2, 0.25) is 0 Å². The van der Waals surface area contributed by atoms with Gasteiger partial charge >= 0.3 is 0 Å². The Labute approximate surface area is 122 Å². The first-order valence-corrected chi connectivity index (χ1v) is 7.65. The molecule has 1 aromatic carbocycles. The SMILES string of the molecule is CCNc1ccc(C)cc1C(=O)N1CC(C)CC(C)C1. The number of carbonyl (C=O) groups is 1. The third-order valence-corrected chi connectivity index (χ3v) is 3.93. The van der Waals surface area contributed by atoms with Gasteiger partial charge in [-0.1, -0.05) is 25.5 Å². The van der Waals surface area contributed by atoms with Crippen LogP contribution in [0, 0.1) is 18.8 Å². The minimum absolute atomic E-state index is 0.169. The lowest BCUT2D eigenvalue weighted by Gasteiger charge is -2.35. The number of nitrogens with zero attached hydrogens (tertiary/aromatic N) is 1. The molecule has 2 rings (SSSR count). The van der Waals surface area contributed by atoms with E-state index < -0.39 is 0 Å². The summed E-state index contributed by atoms with van der Waals surface area (Å²) >= 11 is 0. The average Bonchev–Trinajstić information content (AvgIpc) is 2.39. The van der Waals surface area contributed by atoms with Crippen LogP contribution in [-0.2, 0) is 0 Å². The number of benzene rings is 1. The van der Waals surface area contributed by atoms with Gasteiger partial charge in [-0.3, -0.25) is 4.79 Å². The Kier molecular flexibility index (Phi) is 4.69. The first kappa shape index (κ1) is 14.9. The number of piperidine rings is 1. The molecule has 0 spiro atoms. The van der Waals surface area contributed by atoms with Crippen molar-refractivity contribution >= 4 is 11.6 Å². The van der Waals surface area contributed by atoms with E-state index in [1.54, 1.807) is 0 Å². The van der Waals surface area contributed by atoms with Gasteiger partial charge < -0.3 is 10.2 Å². The lowest BCUT2D eigenvalue weighted by molar-refractivity contribution is 0.0624. The maximum Gasteiger partial charge on any atom is 0.255 e. The fourth-order valence-corrected chi connectivity index (χ4v) is 3.18. The Morgan fingerprint density at radius 3 is 2.55 bits per heavy atom. The smallest absolute Gasteiger partial charge is 0.255 e. The van der Waals surface area contributed by atoms with Crippen LogP contribution in [0.3, 0.4) is 0 Å². The fourth-order valence-electron chi connectivity index (χ4n) is 3.18. The maximum absolute atomic E-state index is 12.8. The Hall–Kier alpha value is -1.51. The molecule has 2 atom stereocenters. The Balaban J connectivity index is 2.25. The van der Waals surface area contributed by atoms with Gasteiger partial charge in [-0.25, -0.2) is 0 Å². The molecule has 1 saturated heterocycles. The molecular formula is C17H26N2O. The number of anilines is 1. The van der Waals surface area contributed by atoms with Crippen molar-refractivity contribution in [3.8, 4) is 0 Å². The third kappa shape index (κ3) is 3.33. The van der Waals surface area contributed by atoms with Crippen LogP contribution in [0.25, 0.3) is 0 Å². The summed E-state index contributed by atoms with van der Waals surface area (Å²) in [5.41, 5.74) is 2.90. The van der Waals surface area contributed by atoms with Crippen molar-refractivity contribution < 1.29 is 4.79 Å². The first-order valence-electron chi connectivity index (χ1n) is 7.65. The summed E-state index contributed by atoms with van der Waals surface area (Å²) in [6.45, 7) is 11.1. The normalized spacial score (nSPS) is 22.7. The number of carbonyl (C=O) groups excluding carboxylic acids is 1. The van der Waals surface area contributed by atoms with Gasteiger partial charge in [-0.15, -0.1) is 0 Å². The van der Waals surface area contributed by atoms with Crippen LogP contribution in [0.15, 0.2) is 18.2 Å². The van der Waals surface area contributed by atoms with E-state index in [4.69, 9.17) is 0 Å². The van der Waals surface area contributed by atoms with Gasteiger partial charge in [0.05, 0.1) is 5.56 Å². The second-order valence-corrected chi connectivity index (χ2v) is 6.24. The second kappa shape index (κ2) is 6.29. The van der Waals surface area contributed by atoms with Gasteiger partial charge in [-0.2, -0.15) is 0 Å². The Bertz CT molecular complexity index is 474. The molecule has 0 aromatic heterocycles. The largest absolute Gasteiger partial charge is 0.385 e. The van der Waals surface area contributed by atoms with Crippen molar-refractivity contribution in [1.29, 1.82) is 0 Å². The molecule has 1 aliphatic heterocycles. The van der Waals surface area contributed by atoms with Crippen LogP contribution < -0.4 is 5.32 Å². The minimum Gasteiger partial charge on any atom is -0.385 e. The van der Waals surface area contributed by atoms with E-state index in [1.807, 2.05) is 24.0 Å². The summed E-state index contributed by atoms with van der Waals surface area (Å²) in [4.78, 5) is 14.8. The summed E-state index contributed by atoms with van der Waals surface area (Å²) in [5, 5.41) is 3.30. The van der Waals surface area contributed by atoms with Crippen LogP contribution in [0.4, 0.5) is 5.69 Å². The number of amides is 1. The molecule has 110 valence electrons. The Morgan fingerprint density at radius 1 is 1.30 bits per heavy atom. The number of rotatable bonds is 3. The molecule has 1 aromatic rings. The molecule has 20 heavy (non-hydrogen) atoms. The van der Waals surface area contributed by atoms with Gasteiger partial charge in [0, 0.05) is 25.3 Å². The topological polar surface area (TPSA) is 32.3 Å². The van der Waals surface area contributed by atoms with E-state index >= 15 is 0 Å². The summed E-state index contributed by atoms with van der Waals surface area (Å²) < 4.78 is 0. The molecule has 0 bridgehead atoms. The summed E-state index contributed by atoms with van der Waals surface area (Å²) in [6, 6.07) is 6.07. The van der Waals surface area contributed by atoms with Gasteiger partial charge in [0.15, 0.2) is 0 Å². The van der Waals surface area contributed by atoms with Crippen LogP contribution in [0.5, 0.6) is 0 Å². The molecule has 1 amide bonds. The summed E-state index contributed by atoms with van der Waals surface area (Å²) in [7, 11) is 0. The van der Waals surface area contributed by atoms with E-state index in [9.17, 15) is 4.79 Å². The van der Waals surface area contributed by atoms with Crippen molar-refractivity contribution in [1.82, 2.24) is 4.90 Å². The lowest BCUT2D eigenvalue weighted by atomic mass is 9.91. The van der Waals surface area contributed by atoms with Crippen LogP contribution in [0.2, 0.25) is 0 Å². The van der Waals surface area contributed by atoms with E-state index in [0.29, 0.717) is 11.8 Å². The average molecular weight is 274 g/mol. The van der Waals surface area contributed by atoms with Gasteiger partial charge in [0.25, 0.3) is 5.91 Å². The highest BCUT2D eigenvalue weighted by molar-refractivity contribution is 6.00. The number of hydrogen-bond acceptors (Lipinski definition) is 2. The molecule has 1 N–H and O–H groups in total. The number of nitrogens with one attached hydrogen (secondary N) is 1. The van der Waals surface area contributed by atoms with Crippen molar-refractivity contribution in [2.24, 2.45) is 11.8 Å². The Morgan fingerprint density at radius 2 is 1.95 bits per heavy atom. The quantitative estimate of drug-likeness (QED) is 0.914. The zero-order valence-electron chi connectivity index (χ0n) is 13.1. The maximum atomic E-state index is 12.8. The van der Waals surface area contributed by atoms with Gasteiger partial charge in [-0.05, 0) is 44.2 Å². The molecule has 0 radical (unpaired) electrons. The predicted molar refractivity (Wildman–Crippen MR) is 84.2 cm³/mol. The number of aryl methyl sites for hydroxylation is 1. The van der Waals surface area contributed by atoms with E-state index in [2.05, 4.69) is 32.2 Å². The molecular weight excluding hydrogens is 248 g/mol. The molecule has 1 heterocycles. The zero-order valence-corrected chi connectivity index (χ0v) is 13.1. The van der Waals surface area contributed by atoms with E-state index in [1.165, 1.54) is 6.42 Å². The predicted octanol–water partition coefficient (Wildman–Crippen LogP) is 3.54. The summed E-state index contributed by atoms with van der Waals surface area (Å²) in [5.74, 6) is 1.35. The lowest BCUT2D eigenvalue weighted by Crippen LogP contribution is -2.42. The first-order chi connectivity index (χ1) is 9.51. The molecule has 0 aliphatic carbocycles. The number of likely N-dealkylation sites (tertiary alicyclic amines) is 1. The number of hydrogen-bond donors (Lipinski definition) is 1. The molecule has 0 saturated carbocycles. The zero-order chi connectivity index (χ0) is 14.7. The highest BCUT2D eigenvalue weighted by Gasteiger charge is 2.27. The highest BCUT2D eigenvalue weighted by Crippen LogP contribution is 2.25. The minimum atomic E-state index is 0.169. The van der Waals surface area contributed by atoms with Crippen molar-refractivity contribution in [2.75, 3.05) is 25.0 Å². The molecule has 1 fully saturated rings. The van der Waals surface area contributed by atoms with Crippen LogP contribution in [0.1, 0.15) is 43.1 Å². The standard InChI is InChI=1S/C17H26N2O/c1-5-18-16-7-6-12(2)9-15(16)17(20)19-10-13(3)8-14(4)11-19/h6-7,9,13-14,18H,5,8,10-11H2,1-4H3. The van der Waals surface area contributed by atoms with Crippen molar-refractivity contribution in [3.63, 3.8) is 0 Å². The van der Waals surface area contributed by atoms with E-state index in [0.717, 1.165) is 36.4 Å². The second-order valence-electron chi connectivity index (χ2n) is 6.24. The fraction of sp³-hybridized carbons (Fsp3) is 0.588. The van der Waals surface area contributed by atoms with E-state index in [-0.39, 0.29) is 5.91 Å². The van der Waals surface area contributed by atoms with Crippen LogP contribution >= 0.6 is 0 Å². The van der Waals surface area contributed by atoms with Crippen molar-refractivity contribution in [3.05, 3.63) is 29.3 Å². The highest BCUT2D eigenvalue weighted by atomic mass is 16.2. The molecule has 3 heteroatoms. The monoisotopic (exact) mass is 274 g/mol. The molecule has 2 unspecified atom stereocenters. The molecule has 3 nitrogen and oxygen atoms in total. The molecule has 1 aliphatic rings. The van der Waals surface area contributed by atoms with Crippen molar-refractivity contribution in [2.45, 2.75) is 34.1 Å². The van der Waals surface area contributed by atoms with Crippen LogP contribution in [-0.4, -0.2) is 30.4 Å². The summed E-state index contributed by atoms with van der Waals surface area (Å²) in [6.07, 6.45) is 1.22. The van der Waals surface area contributed by atoms with Gasteiger partial charge in [0.1, 0.15) is 0 Å². The third-order valence-electron chi connectivity index (χ3n) is 3.93.